The maximum Gasteiger partial charge on any atom is 0.338 e. The van der Waals surface area contributed by atoms with Crippen LogP contribution in [0.5, 0.6) is 0 Å². The van der Waals surface area contributed by atoms with Gasteiger partial charge in [0.1, 0.15) is 36.6 Å². The van der Waals surface area contributed by atoms with Gasteiger partial charge in [0.25, 0.3) is 5.69 Å². The second-order valence-corrected chi connectivity index (χ2v) is 20.1. The lowest BCUT2D eigenvalue weighted by Gasteiger charge is -2.48. The number of hydrogen-bond donors (Lipinski definition) is 8. The molecule has 1 amide bonds. The van der Waals surface area contributed by atoms with Gasteiger partial charge in [-0.05, 0) is 81.0 Å². The molecule has 4 aromatic rings. The Bertz CT molecular complexity index is 2510. The van der Waals surface area contributed by atoms with Crippen LogP contribution in [0.3, 0.4) is 0 Å². The third-order valence-electron chi connectivity index (χ3n) is 14.9. The molecule has 8 N–H and O–H groups in total. The number of nitrogens with zero attached hydrogens (tertiary/aromatic N) is 4. The summed E-state index contributed by atoms with van der Waals surface area (Å²) in [6.07, 6.45) is -8.87. The summed E-state index contributed by atoms with van der Waals surface area (Å²) in [4.78, 5) is 54.8. The number of H-pyrrole nitrogens is 1. The van der Waals surface area contributed by atoms with Crippen molar-refractivity contribution in [2.24, 2.45) is 17.8 Å². The number of nitro groups is 1. The SMILES string of the molecule is CC1O[C@@H](OC2[C@H](C)CC(C(=O)NCCCc3cn(CCc4c[nH]c5ccc([N+](=O)[O-])cc45)nn3)C[C@H]2O[C@@H]2OC(CO)[C@H](O)C(O[C@@H](CC3CCCCC3)C(=O)O)C2OC(=O)c2ccccc2)C(O)C(O)[C@@H]1O. The average Bonchev–Trinajstić information content (AvgIpc) is 4.04. The minimum atomic E-state index is -1.71. The van der Waals surface area contributed by atoms with Crippen LogP contribution in [0.1, 0.15) is 93.3 Å². The Morgan fingerprint density at radius 2 is 1.69 bits per heavy atom. The van der Waals surface area contributed by atoms with Crippen LogP contribution in [-0.4, -0.2) is 166 Å². The molecule has 2 aromatic heterocycles. The van der Waals surface area contributed by atoms with Gasteiger partial charge < -0.3 is 69.4 Å². The number of aliphatic hydroxyl groups excluding tert-OH is 5. The van der Waals surface area contributed by atoms with Crippen molar-refractivity contribution in [3.8, 4) is 0 Å². The van der Waals surface area contributed by atoms with Crippen molar-refractivity contribution in [1.82, 2.24) is 25.3 Å². The number of carbonyl (C=O) groups excluding carboxylic acids is 2. The summed E-state index contributed by atoms with van der Waals surface area (Å²) in [5, 5.41) is 88.6. The molecular weight excluding hydrogens is 969 g/mol. The lowest BCUT2D eigenvalue weighted by atomic mass is 9.77. The lowest BCUT2D eigenvalue weighted by molar-refractivity contribution is -0.384. The Morgan fingerprint density at radius 1 is 0.919 bits per heavy atom. The summed E-state index contributed by atoms with van der Waals surface area (Å²) in [5.74, 6) is -3.70. The lowest BCUT2D eigenvalue weighted by Crippen LogP contribution is -2.64. The third-order valence-corrected chi connectivity index (χ3v) is 14.9. The monoisotopic (exact) mass is 1040 g/mol. The molecule has 15 atom stereocenters. The van der Waals surface area contributed by atoms with Crippen molar-refractivity contribution in [2.75, 3.05) is 13.2 Å². The predicted octanol–water partition coefficient (Wildman–Crippen LogP) is 2.72. The molecule has 23 heteroatoms. The maximum absolute atomic E-state index is 14.1. The van der Waals surface area contributed by atoms with E-state index in [0.29, 0.717) is 31.5 Å². The molecule has 404 valence electrons. The van der Waals surface area contributed by atoms with Gasteiger partial charge in [-0.2, -0.15) is 0 Å². The van der Waals surface area contributed by atoms with E-state index in [4.69, 9.17) is 28.4 Å². The smallest absolute Gasteiger partial charge is 0.338 e. The molecule has 2 aromatic carbocycles. The van der Waals surface area contributed by atoms with Crippen molar-refractivity contribution in [3.63, 3.8) is 0 Å². The number of fused-ring (bicyclic) bond motifs is 1. The number of nitro benzene ring substituents is 1. The van der Waals surface area contributed by atoms with Crippen molar-refractivity contribution >= 4 is 34.4 Å². The molecule has 74 heavy (non-hydrogen) atoms. The first-order chi connectivity index (χ1) is 35.6. The summed E-state index contributed by atoms with van der Waals surface area (Å²) in [7, 11) is 0. The number of aliphatic carboxylic acids is 1. The Morgan fingerprint density at radius 3 is 2.42 bits per heavy atom. The van der Waals surface area contributed by atoms with Crippen LogP contribution in [0.25, 0.3) is 10.9 Å². The van der Waals surface area contributed by atoms with Gasteiger partial charge in [0, 0.05) is 54.4 Å². The largest absolute Gasteiger partial charge is 0.479 e. The fraction of sp³-hybridized carbons (Fsp3) is 0.627. The number of nitrogens with one attached hydrogen (secondary N) is 2. The number of ether oxygens (including phenoxy) is 6. The normalized spacial score (nSPS) is 31.2. The topological polar surface area (TPSA) is 330 Å². The molecule has 0 bridgehead atoms. The molecule has 8 unspecified atom stereocenters. The number of rotatable bonds is 21. The quantitative estimate of drug-likeness (QED) is 0.0257. The van der Waals surface area contributed by atoms with E-state index in [0.717, 1.165) is 48.6 Å². The average molecular weight is 1040 g/mol. The summed E-state index contributed by atoms with van der Waals surface area (Å²) in [5.41, 5.74) is 2.50. The number of aliphatic hydroxyl groups is 5. The van der Waals surface area contributed by atoms with Crippen LogP contribution in [0.2, 0.25) is 0 Å². The molecule has 0 spiro atoms. The van der Waals surface area contributed by atoms with Crippen molar-refractivity contribution in [2.45, 2.75) is 171 Å². The number of carboxylic acid groups (broad SMARTS) is 1. The standard InChI is InChI=1S/C51H68N6O17/c1-27-20-32(47(63)52-18-9-14-33-25-56(55-54-33)19-17-31-24-53-36-16-15-34(57(67)68)23-35(31)36)22-37(44(27)74-50-43(62)42(61)40(59)28(2)69-50)71-51-46(73-49(66)30-12-7-4-8-13-30)45(41(60)39(26-58)72-51)70-38(48(64)65)21-29-10-5-3-6-11-29/h4,7-8,12-13,15-16,23-25,27-29,32,37-46,50-51,53,58-62H,3,5-6,9-11,14,17-22,26H2,1-2H3,(H,52,63)(H,64,65)/t27-,28?,32?,37-,38+,39?,40-,41+,42?,43?,44?,45?,46?,50+,51-/m1/s1. The second-order valence-electron chi connectivity index (χ2n) is 20.1. The number of carbonyl (C=O) groups is 3. The van der Waals surface area contributed by atoms with Gasteiger partial charge in [0.15, 0.2) is 24.8 Å². The zero-order valence-electron chi connectivity index (χ0n) is 41.4. The molecule has 2 saturated heterocycles. The number of benzene rings is 2. The molecule has 2 saturated carbocycles. The number of amides is 1. The molecular formula is C51H68N6O17. The molecule has 2 aliphatic carbocycles. The van der Waals surface area contributed by atoms with Crippen LogP contribution in [0.15, 0.2) is 60.9 Å². The van der Waals surface area contributed by atoms with Crippen LogP contribution in [0.4, 0.5) is 5.69 Å². The Kier molecular flexibility index (Phi) is 18.4. The van der Waals surface area contributed by atoms with Crippen molar-refractivity contribution < 1.29 is 78.4 Å². The molecule has 8 rings (SSSR count). The summed E-state index contributed by atoms with van der Waals surface area (Å²) >= 11 is 0. The van der Waals surface area contributed by atoms with Gasteiger partial charge in [-0.3, -0.25) is 19.6 Å². The first kappa shape index (κ1) is 54.8. The second kappa shape index (κ2) is 24.9. The number of aryl methyl sites for hydroxylation is 3. The molecule has 0 radical (unpaired) electrons. The highest BCUT2D eigenvalue weighted by atomic mass is 16.7. The molecule has 4 fully saturated rings. The third kappa shape index (κ3) is 13.1. The maximum atomic E-state index is 14.1. The van der Waals surface area contributed by atoms with Crippen LogP contribution >= 0.6 is 0 Å². The highest BCUT2D eigenvalue weighted by Crippen LogP contribution is 2.39. The van der Waals surface area contributed by atoms with E-state index in [1.807, 2.05) is 12.4 Å². The van der Waals surface area contributed by atoms with Gasteiger partial charge in [0.2, 0.25) is 5.91 Å². The van der Waals surface area contributed by atoms with Crippen molar-refractivity contribution in [3.05, 3.63) is 87.9 Å². The number of carboxylic acids is 1. The van der Waals surface area contributed by atoms with Gasteiger partial charge >= 0.3 is 11.9 Å². The van der Waals surface area contributed by atoms with E-state index in [1.54, 1.807) is 41.9 Å². The van der Waals surface area contributed by atoms with E-state index in [-0.39, 0.29) is 48.9 Å². The van der Waals surface area contributed by atoms with Crippen molar-refractivity contribution in [1.29, 1.82) is 0 Å². The summed E-state index contributed by atoms with van der Waals surface area (Å²) in [6, 6.07) is 12.6. The van der Waals surface area contributed by atoms with Gasteiger partial charge in [-0.1, -0.05) is 62.4 Å². The van der Waals surface area contributed by atoms with Gasteiger partial charge in [0.05, 0.1) is 41.1 Å². The Balaban J connectivity index is 0.979. The first-order valence-corrected chi connectivity index (χ1v) is 25.6. The van der Waals surface area contributed by atoms with E-state index in [9.17, 15) is 55.1 Å². The Labute approximate surface area is 426 Å². The highest BCUT2D eigenvalue weighted by Gasteiger charge is 2.54. The molecule has 23 nitrogen and oxygen atoms in total. The fourth-order valence-corrected chi connectivity index (χ4v) is 10.7. The minimum Gasteiger partial charge on any atom is -0.479 e. The number of aromatic nitrogens is 4. The minimum absolute atomic E-state index is 0.00357. The van der Waals surface area contributed by atoms with E-state index in [2.05, 4.69) is 20.6 Å². The summed E-state index contributed by atoms with van der Waals surface area (Å²) < 4.78 is 39.1. The number of aromatic amines is 1. The predicted molar refractivity (Wildman–Crippen MR) is 259 cm³/mol. The molecule has 4 heterocycles. The van der Waals surface area contributed by atoms with E-state index < -0.39 is 115 Å². The van der Waals surface area contributed by atoms with E-state index in [1.165, 1.54) is 25.1 Å². The zero-order valence-corrected chi connectivity index (χ0v) is 41.4. The number of esters is 1. The molecule has 2 aliphatic heterocycles. The number of hydrogen-bond acceptors (Lipinski definition) is 18. The van der Waals surface area contributed by atoms with Crippen LogP contribution < -0.4 is 5.32 Å². The highest BCUT2D eigenvalue weighted by molar-refractivity contribution is 5.89. The van der Waals surface area contributed by atoms with Gasteiger partial charge in [-0.25, -0.2) is 9.59 Å². The van der Waals surface area contributed by atoms with Gasteiger partial charge in [-0.15, -0.1) is 5.10 Å². The fourth-order valence-electron chi connectivity index (χ4n) is 10.7. The Hall–Kier alpha value is -5.47. The van der Waals surface area contributed by atoms with Crippen LogP contribution in [-0.2, 0) is 57.4 Å². The molecule has 4 aliphatic rings. The van der Waals surface area contributed by atoms with E-state index >= 15 is 0 Å². The number of non-ortho nitro benzene ring substituents is 1. The summed E-state index contributed by atoms with van der Waals surface area (Å²) in [6.45, 7) is 3.26. The first-order valence-electron chi connectivity index (χ1n) is 25.6. The zero-order chi connectivity index (χ0) is 52.6. The van der Waals surface area contributed by atoms with Crippen LogP contribution in [0, 0.1) is 27.9 Å².